The van der Waals surface area contributed by atoms with Crippen LogP contribution < -0.4 is 16.2 Å². The van der Waals surface area contributed by atoms with E-state index in [-0.39, 0.29) is 12.1 Å². The number of hydrogen-bond donors (Lipinski definition) is 3. The largest absolute Gasteiger partial charge is 0.356 e. The lowest BCUT2D eigenvalue weighted by atomic mass is 10.4. The van der Waals surface area contributed by atoms with Gasteiger partial charge >= 0.3 is 0 Å². The predicted octanol–water partition coefficient (Wildman–Crippen LogP) is -1.61. The maximum atomic E-state index is 11.5. The number of carbonyl (C=O) groups is 1. The van der Waals surface area contributed by atoms with E-state index in [2.05, 4.69) is 21.2 Å². The highest BCUT2D eigenvalue weighted by atomic mass is 16.2. The van der Waals surface area contributed by atoms with Gasteiger partial charge in [-0.05, 0) is 6.08 Å². The maximum absolute atomic E-state index is 11.5. The Morgan fingerprint density at radius 3 is 3.43 bits per heavy atom. The molecule has 1 atom stereocenters. The SMILES string of the molecule is CNC(=O)C1NNC2=CC=NCCN21. The molecule has 0 aromatic heterocycles. The minimum Gasteiger partial charge on any atom is -0.356 e. The van der Waals surface area contributed by atoms with Crippen molar-refractivity contribution in [2.24, 2.45) is 4.99 Å². The summed E-state index contributed by atoms with van der Waals surface area (Å²) in [6.45, 7) is 1.44. The van der Waals surface area contributed by atoms with Gasteiger partial charge in [0.15, 0.2) is 6.17 Å². The van der Waals surface area contributed by atoms with E-state index in [1.54, 1.807) is 13.3 Å². The molecule has 2 aliphatic heterocycles. The number of nitrogens with one attached hydrogen (secondary N) is 3. The summed E-state index contributed by atoms with van der Waals surface area (Å²) < 4.78 is 0. The zero-order valence-electron chi connectivity index (χ0n) is 7.95. The van der Waals surface area contributed by atoms with E-state index in [9.17, 15) is 4.79 Å². The van der Waals surface area contributed by atoms with Crippen molar-refractivity contribution in [1.82, 2.24) is 21.1 Å². The number of amides is 1. The van der Waals surface area contributed by atoms with Crippen molar-refractivity contribution >= 4 is 12.1 Å². The van der Waals surface area contributed by atoms with Gasteiger partial charge in [0, 0.05) is 19.8 Å². The summed E-state index contributed by atoms with van der Waals surface area (Å²) in [5.74, 6) is 0.836. The van der Waals surface area contributed by atoms with Gasteiger partial charge in [0.2, 0.25) is 0 Å². The van der Waals surface area contributed by atoms with Gasteiger partial charge in [0.25, 0.3) is 5.91 Å². The zero-order chi connectivity index (χ0) is 9.97. The number of hydrogen-bond acceptors (Lipinski definition) is 5. The van der Waals surface area contributed by atoms with Crippen LogP contribution in [0.4, 0.5) is 0 Å². The van der Waals surface area contributed by atoms with Crippen molar-refractivity contribution in [1.29, 1.82) is 0 Å². The molecule has 0 aromatic carbocycles. The molecule has 0 aliphatic carbocycles. The monoisotopic (exact) mass is 195 g/mol. The summed E-state index contributed by atoms with van der Waals surface area (Å²) in [5, 5.41) is 2.61. The lowest BCUT2D eigenvalue weighted by Gasteiger charge is -2.21. The van der Waals surface area contributed by atoms with Crippen LogP contribution >= 0.6 is 0 Å². The Labute approximate surface area is 82.0 Å². The maximum Gasteiger partial charge on any atom is 0.259 e. The lowest BCUT2D eigenvalue weighted by Crippen LogP contribution is -2.48. The van der Waals surface area contributed by atoms with Gasteiger partial charge in [0.1, 0.15) is 5.82 Å². The molecule has 1 saturated heterocycles. The highest BCUT2D eigenvalue weighted by Crippen LogP contribution is 2.11. The van der Waals surface area contributed by atoms with Crippen molar-refractivity contribution in [3.8, 4) is 0 Å². The molecule has 2 rings (SSSR count). The van der Waals surface area contributed by atoms with Crippen molar-refractivity contribution in [3.05, 3.63) is 11.9 Å². The summed E-state index contributed by atoms with van der Waals surface area (Å²) in [5.41, 5.74) is 5.86. The van der Waals surface area contributed by atoms with E-state index in [0.29, 0.717) is 6.54 Å². The van der Waals surface area contributed by atoms with E-state index in [0.717, 1.165) is 12.4 Å². The number of hydrazine groups is 1. The van der Waals surface area contributed by atoms with Crippen molar-refractivity contribution in [2.75, 3.05) is 20.1 Å². The molecule has 0 saturated carbocycles. The molecule has 6 heteroatoms. The third-order valence-electron chi connectivity index (χ3n) is 2.26. The molecule has 2 heterocycles. The third kappa shape index (κ3) is 1.44. The van der Waals surface area contributed by atoms with Gasteiger partial charge in [-0.15, -0.1) is 0 Å². The van der Waals surface area contributed by atoms with E-state index in [1.807, 2.05) is 11.0 Å². The smallest absolute Gasteiger partial charge is 0.259 e. The van der Waals surface area contributed by atoms with Crippen LogP contribution in [0.3, 0.4) is 0 Å². The van der Waals surface area contributed by atoms with E-state index >= 15 is 0 Å². The molecule has 2 aliphatic rings. The Kier molecular flexibility index (Phi) is 2.36. The molecular weight excluding hydrogens is 182 g/mol. The van der Waals surface area contributed by atoms with Crippen LogP contribution in [0.1, 0.15) is 0 Å². The minimum atomic E-state index is -0.340. The Balaban J connectivity index is 2.15. The van der Waals surface area contributed by atoms with Gasteiger partial charge < -0.3 is 15.6 Å². The topological polar surface area (TPSA) is 68.8 Å². The van der Waals surface area contributed by atoms with Crippen LogP contribution in [0.15, 0.2) is 16.9 Å². The Bertz CT molecular complexity index is 298. The molecule has 0 spiro atoms. The summed E-state index contributed by atoms with van der Waals surface area (Å²) in [4.78, 5) is 17.5. The molecule has 3 N–H and O–H groups in total. The molecule has 76 valence electrons. The van der Waals surface area contributed by atoms with Gasteiger partial charge in [-0.2, -0.15) is 0 Å². The fourth-order valence-electron chi connectivity index (χ4n) is 1.53. The fourth-order valence-corrected chi connectivity index (χ4v) is 1.53. The summed E-state index contributed by atoms with van der Waals surface area (Å²) in [6, 6.07) is 0. The average molecular weight is 195 g/mol. The first-order valence-electron chi connectivity index (χ1n) is 4.53. The lowest BCUT2D eigenvalue weighted by molar-refractivity contribution is -0.125. The quantitative estimate of drug-likeness (QED) is 0.471. The van der Waals surface area contributed by atoms with Crippen LogP contribution in [0.25, 0.3) is 0 Å². The second-order valence-corrected chi connectivity index (χ2v) is 3.09. The van der Waals surface area contributed by atoms with Crippen LogP contribution in [0.2, 0.25) is 0 Å². The molecule has 1 amide bonds. The van der Waals surface area contributed by atoms with Gasteiger partial charge in [-0.3, -0.25) is 9.79 Å². The first kappa shape index (κ1) is 9.01. The van der Waals surface area contributed by atoms with Crippen LogP contribution in [0.5, 0.6) is 0 Å². The van der Waals surface area contributed by atoms with E-state index in [1.165, 1.54) is 0 Å². The van der Waals surface area contributed by atoms with Gasteiger partial charge in [-0.25, -0.2) is 5.43 Å². The van der Waals surface area contributed by atoms with E-state index in [4.69, 9.17) is 0 Å². The van der Waals surface area contributed by atoms with Gasteiger partial charge in [-0.1, -0.05) is 0 Å². The standard InChI is InChI=1S/C8H13N5O/c1-9-8(14)7-12-11-6-2-3-10-4-5-13(6)7/h2-3,7,11-12H,4-5H2,1H3,(H,9,14). The molecule has 0 radical (unpaired) electrons. The highest BCUT2D eigenvalue weighted by molar-refractivity contribution is 5.82. The fraction of sp³-hybridized carbons (Fsp3) is 0.500. The normalized spacial score (nSPS) is 24.8. The van der Waals surface area contributed by atoms with E-state index < -0.39 is 0 Å². The molecule has 6 nitrogen and oxygen atoms in total. The third-order valence-corrected chi connectivity index (χ3v) is 2.26. The number of fused-ring (bicyclic) bond motifs is 1. The molecule has 0 bridgehead atoms. The summed E-state index contributed by atoms with van der Waals surface area (Å²) in [6.07, 6.45) is 3.26. The number of rotatable bonds is 1. The molecule has 0 aromatic rings. The van der Waals surface area contributed by atoms with Crippen LogP contribution in [0, 0.1) is 0 Å². The van der Waals surface area contributed by atoms with Crippen LogP contribution in [-0.4, -0.2) is 43.3 Å². The second kappa shape index (κ2) is 3.67. The van der Waals surface area contributed by atoms with Crippen LogP contribution in [-0.2, 0) is 4.79 Å². The molecule has 1 unspecified atom stereocenters. The zero-order valence-corrected chi connectivity index (χ0v) is 7.95. The molecule has 1 fully saturated rings. The van der Waals surface area contributed by atoms with Crippen molar-refractivity contribution in [2.45, 2.75) is 6.17 Å². The molecule has 14 heavy (non-hydrogen) atoms. The number of carbonyl (C=O) groups excluding carboxylic acids is 1. The molecular formula is C8H13N5O. The Morgan fingerprint density at radius 1 is 1.79 bits per heavy atom. The number of nitrogens with zero attached hydrogens (tertiary/aromatic N) is 2. The first-order chi connectivity index (χ1) is 6.83. The van der Waals surface area contributed by atoms with Gasteiger partial charge in [0.05, 0.1) is 6.54 Å². The Morgan fingerprint density at radius 2 is 2.64 bits per heavy atom. The van der Waals surface area contributed by atoms with Crippen molar-refractivity contribution < 1.29 is 4.79 Å². The number of likely N-dealkylation sites (N-methyl/N-ethyl adjacent to an activating group) is 1. The number of allylic oxidation sites excluding steroid dienone is 1. The number of aliphatic imine (C=N–C) groups is 1. The first-order valence-corrected chi connectivity index (χ1v) is 4.53. The average Bonchev–Trinajstić information content (AvgIpc) is 2.46. The van der Waals surface area contributed by atoms with Crippen molar-refractivity contribution in [3.63, 3.8) is 0 Å². The predicted molar refractivity (Wildman–Crippen MR) is 52.3 cm³/mol. The second-order valence-electron chi connectivity index (χ2n) is 3.09. The summed E-state index contributed by atoms with van der Waals surface area (Å²) in [7, 11) is 1.63. The Hall–Kier alpha value is -1.56. The highest BCUT2D eigenvalue weighted by Gasteiger charge is 2.32. The minimum absolute atomic E-state index is 0.0530. The summed E-state index contributed by atoms with van der Waals surface area (Å²) >= 11 is 0.